The largest absolute Gasteiger partial charge is 0.435 e. The molecule has 0 rings (SSSR count). The van der Waals surface area contributed by atoms with Gasteiger partial charge in [-0.1, -0.05) is 6.04 Å². The molecule has 11 heteroatoms. The summed E-state index contributed by atoms with van der Waals surface area (Å²) in [4.78, 5) is 0. The maximum atomic E-state index is 12.2. The van der Waals surface area contributed by atoms with Gasteiger partial charge in [0.05, 0.1) is 0 Å². The minimum Gasteiger partial charge on any atom is -0.351 e. The van der Waals surface area contributed by atoms with E-state index in [4.69, 9.17) is 0 Å². The van der Waals surface area contributed by atoms with Crippen molar-refractivity contribution in [2.45, 2.75) is 36.6 Å². The van der Waals surface area contributed by atoms with Crippen molar-refractivity contribution in [1.82, 2.24) is 0 Å². The van der Waals surface area contributed by atoms with Crippen molar-refractivity contribution in [3.05, 3.63) is 0 Å². The van der Waals surface area contributed by atoms with E-state index in [0.29, 0.717) is 10.2 Å². The van der Waals surface area contributed by atoms with Crippen LogP contribution in [-0.4, -0.2) is 41.0 Å². The molecule has 0 unspecified atom stereocenters. The molecule has 0 radical (unpaired) electrons. The SMILES string of the molecule is FC(F)(F)C(OCCC[SiH3])(C(F)(F)F)C(F)(F)F. The Morgan fingerprint density at radius 3 is 1.28 bits per heavy atom. The van der Waals surface area contributed by atoms with Crippen molar-refractivity contribution >= 4 is 10.2 Å². The summed E-state index contributed by atoms with van der Waals surface area (Å²) in [5.41, 5.74) is -6.12. The fraction of sp³-hybridized carbons (Fsp3) is 1.00. The number of hydrogen-bond donors (Lipinski definition) is 0. The Hall–Kier alpha value is -0.453. The second-order valence-corrected chi connectivity index (χ2v) is 4.38. The molecule has 0 spiro atoms. The molecule has 1 nitrogen and oxygen atoms in total. The number of rotatable bonds is 4. The molecule has 0 atom stereocenters. The highest BCUT2D eigenvalue weighted by atomic mass is 28.1. The summed E-state index contributed by atoms with van der Waals surface area (Å²) in [5.74, 6) is 0. The van der Waals surface area contributed by atoms with Crippen molar-refractivity contribution in [1.29, 1.82) is 0 Å². The van der Waals surface area contributed by atoms with Crippen LogP contribution in [0.1, 0.15) is 6.42 Å². The molecule has 0 aromatic carbocycles. The van der Waals surface area contributed by atoms with E-state index in [9.17, 15) is 39.5 Å². The molecule has 0 bridgehead atoms. The first-order valence-corrected chi connectivity index (χ1v) is 6.06. The highest BCUT2D eigenvalue weighted by Crippen LogP contribution is 2.54. The van der Waals surface area contributed by atoms with Crippen molar-refractivity contribution in [3.63, 3.8) is 0 Å². The van der Waals surface area contributed by atoms with Gasteiger partial charge >= 0.3 is 24.1 Å². The van der Waals surface area contributed by atoms with E-state index in [2.05, 4.69) is 4.74 Å². The zero-order valence-electron chi connectivity index (χ0n) is 8.93. The van der Waals surface area contributed by atoms with Crippen LogP contribution in [0.15, 0.2) is 0 Å². The van der Waals surface area contributed by atoms with Crippen molar-refractivity contribution in [2.24, 2.45) is 0 Å². The van der Waals surface area contributed by atoms with Crippen LogP contribution in [0.4, 0.5) is 39.5 Å². The van der Waals surface area contributed by atoms with Gasteiger partial charge in [-0.15, -0.1) is 0 Å². The van der Waals surface area contributed by atoms with E-state index in [0.717, 1.165) is 0 Å². The van der Waals surface area contributed by atoms with Crippen molar-refractivity contribution in [3.8, 4) is 0 Å². The zero-order chi connectivity index (χ0) is 14.8. The molecule has 0 fully saturated rings. The van der Waals surface area contributed by atoms with Gasteiger partial charge < -0.3 is 4.74 Å². The maximum Gasteiger partial charge on any atom is 0.435 e. The monoisotopic (exact) mass is 308 g/mol. The van der Waals surface area contributed by atoms with Gasteiger partial charge in [0.2, 0.25) is 0 Å². The molecule has 0 aliphatic rings. The third-order valence-electron chi connectivity index (χ3n) is 2.01. The lowest BCUT2D eigenvalue weighted by atomic mass is 10.0. The molecule has 0 aliphatic carbocycles. The highest BCUT2D eigenvalue weighted by Gasteiger charge is 2.85. The fourth-order valence-electron chi connectivity index (χ4n) is 1.10. The summed E-state index contributed by atoms with van der Waals surface area (Å²) in [6, 6.07) is 0.226. The molecule has 0 aromatic rings. The molecular weight excluding hydrogens is 299 g/mol. The van der Waals surface area contributed by atoms with Crippen LogP contribution >= 0.6 is 0 Å². The van der Waals surface area contributed by atoms with Gasteiger partial charge in [-0.25, -0.2) is 0 Å². The van der Waals surface area contributed by atoms with Gasteiger partial charge in [0.1, 0.15) is 0 Å². The fourth-order valence-corrected chi connectivity index (χ4v) is 1.39. The predicted octanol–water partition coefficient (Wildman–Crippen LogP) is 2.60. The standard InChI is InChI=1S/C7H9F9OSi/c8-5(9,10)4(6(11,12)13,7(14,15)16)17-2-1-3-18/h1-3H2,18H3. The average Bonchev–Trinajstić information content (AvgIpc) is 2.05. The van der Waals surface area contributed by atoms with Gasteiger partial charge in [-0.2, -0.15) is 39.5 Å². The van der Waals surface area contributed by atoms with Crippen LogP contribution in [0.25, 0.3) is 0 Å². The Morgan fingerprint density at radius 2 is 1.06 bits per heavy atom. The molecule has 0 N–H and O–H groups in total. The predicted molar refractivity (Wildman–Crippen MR) is 46.2 cm³/mol. The van der Waals surface area contributed by atoms with Crippen molar-refractivity contribution in [2.75, 3.05) is 6.61 Å². The Kier molecular flexibility index (Phi) is 5.14. The van der Waals surface area contributed by atoms with E-state index < -0.39 is 30.7 Å². The lowest BCUT2D eigenvalue weighted by Crippen LogP contribution is -2.67. The molecule has 0 saturated carbocycles. The van der Waals surface area contributed by atoms with Gasteiger partial charge in [0, 0.05) is 16.8 Å². The molecule has 0 saturated heterocycles. The first-order valence-electron chi connectivity index (χ1n) is 4.65. The molecule has 0 heterocycles. The summed E-state index contributed by atoms with van der Waals surface area (Å²) in [6.45, 7) is -1.26. The van der Waals surface area contributed by atoms with E-state index in [1.54, 1.807) is 0 Å². The Labute approximate surface area is 98.7 Å². The smallest absolute Gasteiger partial charge is 0.351 e. The summed E-state index contributed by atoms with van der Waals surface area (Å²) in [7, 11) is 0.434. The molecule has 0 amide bonds. The summed E-state index contributed by atoms with van der Waals surface area (Å²) in [5, 5.41) is 0. The summed E-state index contributed by atoms with van der Waals surface area (Å²) >= 11 is 0. The van der Waals surface area contributed by atoms with Gasteiger partial charge in [0.25, 0.3) is 0 Å². The molecular formula is C7H9F9OSi. The van der Waals surface area contributed by atoms with Crippen LogP contribution in [0.5, 0.6) is 0 Å². The topological polar surface area (TPSA) is 9.23 Å². The number of hydrogen-bond acceptors (Lipinski definition) is 1. The number of ether oxygens (including phenoxy) is 1. The average molecular weight is 308 g/mol. The number of alkyl halides is 9. The first-order chi connectivity index (χ1) is 7.81. The van der Waals surface area contributed by atoms with E-state index in [1.165, 1.54) is 0 Å². The Balaban J connectivity index is 5.61. The van der Waals surface area contributed by atoms with Crippen LogP contribution < -0.4 is 0 Å². The molecule has 0 aromatic heterocycles. The second kappa shape index (κ2) is 5.27. The van der Waals surface area contributed by atoms with E-state index in [-0.39, 0.29) is 12.5 Å². The maximum absolute atomic E-state index is 12.2. The third-order valence-corrected chi connectivity index (χ3v) is 2.72. The Morgan fingerprint density at radius 1 is 0.722 bits per heavy atom. The third kappa shape index (κ3) is 3.11. The Bertz CT molecular complexity index is 230. The minimum absolute atomic E-state index is 0.226. The van der Waals surface area contributed by atoms with Crippen LogP contribution in [0.3, 0.4) is 0 Å². The second-order valence-electron chi connectivity index (χ2n) is 3.38. The van der Waals surface area contributed by atoms with Crippen LogP contribution in [-0.2, 0) is 4.74 Å². The quantitative estimate of drug-likeness (QED) is 0.441. The van der Waals surface area contributed by atoms with Gasteiger partial charge in [-0.05, 0) is 6.42 Å². The molecule has 0 aliphatic heterocycles. The zero-order valence-corrected chi connectivity index (χ0v) is 10.9. The van der Waals surface area contributed by atoms with Gasteiger partial charge in [-0.3, -0.25) is 0 Å². The lowest BCUT2D eigenvalue weighted by molar-refractivity contribution is -0.457. The highest BCUT2D eigenvalue weighted by molar-refractivity contribution is 6.08. The van der Waals surface area contributed by atoms with E-state index >= 15 is 0 Å². The molecule has 18 heavy (non-hydrogen) atoms. The van der Waals surface area contributed by atoms with E-state index in [1.807, 2.05) is 0 Å². The first kappa shape index (κ1) is 17.5. The minimum atomic E-state index is -6.63. The number of halogens is 9. The summed E-state index contributed by atoms with van der Waals surface area (Å²) < 4.78 is 113. The molecule has 110 valence electrons. The lowest BCUT2D eigenvalue weighted by Gasteiger charge is -2.38. The van der Waals surface area contributed by atoms with Crippen LogP contribution in [0, 0.1) is 0 Å². The van der Waals surface area contributed by atoms with Crippen LogP contribution in [0.2, 0.25) is 6.04 Å². The summed E-state index contributed by atoms with van der Waals surface area (Å²) in [6.07, 6.45) is -20.2. The van der Waals surface area contributed by atoms with Crippen molar-refractivity contribution < 1.29 is 44.3 Å². The normalized spacial score (nSPS) is 15.2. The van der Waals surface area contributed by atoms with Gasteiger partial charge in [0.15, 0.2) is 0 Å².